The molecule has 0 saturated carbocycles. The summed E-state index contributed by atoms with van der Waals surface area (Å²) >= 11 is 0. The number of carbonyl (C=O) groups excluding carboxylic acids is 1. The van der Waals surface area contributed by atoms with E-state index in [2.05, 4.69) is 5.43 Å². The zero-order valence-electron chi connectivity index (χ0n) is 16.3. The number of rotatable bonds is 10. The summed E-state index contributed by atoms with van der Waals surface area (Å²) in [6.45, 7) is 6.35. The number of halogens is 1. The van der Waals surface area contributed by atoms with Crippen molar-refractivity contribution in [2.75, 3.05) is 19.8 Å². The molecule has 2 N–H and O–H groups in total. The number of hydrazine groups is 1. The predicted molar refractivity (Wildman–Crippen MR) is 104 cm³/mol. The lowest BCUT2D eigenvalue weighted by Crippen LogP contribution is -2.41. The normalized spacial score (nSPS) is 11.0. The third-order valence-electron chi connectivity index (χ3n) is 3.58. The first-order chi connectivity index (χ1) is 13.8. The highest BCUT2D eigenvalue weighted by Crippen LogP contribution is 2.39. The molecule has 0 aliphatic heterocycles. The summed E-state index contributed by atoms with van der Waals surface area (Å²) in [5, 5.41) is 0. The fourth-order valence-electron chi connectivity index (χ4n) is 2.40. The number of hydrogen-bond donors (Lipinski definition) is 2. The van der Waals surface area contributed by atoms with E-state index >= 15 is 0 Å². The summed E-state index contributed by atoms with van der Waals surface area (Å²) in [5.41, 5.74) is 2.18. The quantitative estimate of drug-likeness (QED) is 0.566. The largest absolute Gasteiger partial charge is 0.490 e. The molecule has 0 fully saturated rings. The van der Waals surface area contributed by atoms with Crippen LogP contribution in [0.15, 0.2) is 41.3 Å². The first-order valence-corrected chi connectivity index (χ1v) is 10.4. The molecule has 2 aromatic carbocycles. The molecule has 0 saturated heterocycles. The third-order valence-corrected chi connectivity index (χ3v) is 4.82. The van der Waals surface area contributed by atoms with E-state index in [1.165, 1.54) is 24.3 Å². The van der Waals surface area contributed by atoms with Crippen LogP contribution < -0.4 is 24.5 Å². The Bertz CT molecular complexity index is 938. The molecule has 2 aromatic rings. The number of amides is 1. The summed E-state index contributed by atoms with van der Waals surface area (Å²) in [7, 11) is -4.15. The Labute approximate surface area is 169 Å². The smallest absolute Gasteiger partial charge is 0.266 e. The van der Waals surface area contributed by atoms with Gasteiger partial charge in [0.1, 0.15) is 5.82 Å². The van der Waals surface area contributed by atoms with Gasteiger partial charge in [0.2, 0.25) is 5.75 Å². The number of carbonyl (C=O) groups is 1. The van der Waals surface area contributed by atoms with E-state index < -0.39 is 21.7 Å². The minimum absolute atomic E-state index is 0.0855. The first kappa shape index (κ1) is 22.4. The lowest BCUT2D eigenvalue weighted by Gasteiger charge is -2.17. The SMILES string of the molecule is CCOc1cc(C(=O)NNS(=O)(=O)c2cccc(F)c2)cc(OCC)c1OCC. The molecule has 0 atom stereocenters. The number of ether oxygens (including phenoxy) is 3. The van der Waals surface area contributed by atoms with Gasteiger partial charge in [0.25, 0.3) is 15.9 Å². The van der Waals surface area contributed by atoms with Gasteiger partial charge < -0.3 is 14.2 Å². The van der Waals surface area contributed by atoms with Crippen molar-refractivity contribution in [3.05, 3.63) is 47.8 Å². The number of sulfonamides is 1. The molecule has 0 bridgehead atoms. The highest BCUT2D eigenvalue weighted by atomic mass is 32.2. The maximum atomic E-state index is 13.3. The van der Waals surface area contributed by atoms with Gasteiger partial charge in [-0.05, 0) is 51.1 Å². The van der Waals surface area contributed by atoms with Crippen molar-refractivity contribution in [1.29, 1.82) is 0 Å². The number of nitrogens with one attached hydrogen (secondary N) is 2. The van der Waals surface area contributed by atoms with Crippen LogP contribution in [0.1, 0.15) is 31.1 Å². The van der Waals surface area contributed by atoms with Gasteiger partial charge in [-0.3, -0.25) is 10.2 Å². The Kier molecular flexibility index (Phi) is 7.80. The second-order valence-electron chi connectivity index (χ2n) is 5.62. The summed E-state index contributed by atoms with van der Waals surface area (Å²) < 4.78 is 54.4. The molecule has 29 heavy (non-hydrogen) atoms. The van der Waals surface area contributed by atoms with Crippen LogP contribution in [0, 0.1) is 5.82 Å². The van der Waals surface area contributed by atoms with Gasteiger partial charge in [0.05, 0.1) is 24.7 Å². The van der Waals surface area contributed by atoms with Crippen molar-refractivity contribution in [1.82, 2.24) is 10.3 Å². The fraction of sp³-hybridized carbons (Fsp3) is 0.316. The van der Waals surface area contributed by atoms with Gasteiger partial charge in [-0.2, -0.15) is 0 Å². The summed E-state index contributed by atoms with van der Waals surface area (Å²) in [5.74, 6) is -0.534. The molecule has 0 heterocycles. The summed E-state index contributed by atoms with van der Waals surface area (Å²) in [6.07, 6.45) is 0. The Hall–Kier alpha value is -2.85. The monoisotopic (exact) mass is 426 g/mol. The van der Waals surface area contributed by atoms with Crippen LogP contribution in [0.25, 0.3) is 0 Å². The first-order valence-electron chi connectivity index (χ1n) is 8.96. The molecule has 1 amide bonds. The molecule has 0 aromatic heterocycles. The van der Waals surface area contributed by atoms with Crippen LogP contribution in [0.5, 0.6) is 17.2 Å². The molecule has 0 spiro atoms. The van der Waals surface area contributed by atoms with Crippen molar-refractivity contribution in [2.45, 2.75) is 25.7 Å². The zero-order valence-corrected chi connectivity index (χ0v) is 17.1. The molecule has 0 unspecified atom stereocenters. The Morgan fingerprint density at radius 2 is 1.55 bits per heavy atom. The van der Waals surface area contributed by atoms with Crippen LogP contribution in [-0.4, -0.2) is 34.1 Å². The van der Waals surface area contributed by atoms with E-state index in [0.717, 1.165) is 12.1 Å². The van der Waals surface area contributed by atoms with Crippen LogP contribution >= 0.6 is 0 Å². The summed E-state index contributed by atoms with van der Waals surface area (Å²) in [6, 6.07) is 7.25. The van der Waals surface area contributed by atoms with Gasteiger partial charge in [0.15, 0.2) is 11.5 Å². The van der Waals surface area contributed by atoms with Gasteiger partial charge >= 0.3 is 0 Å². The van der Waals surface area contributed by atoms with Crippen LogP contribution in [0.2, 0.25) is 0 Å². The molecular weight excluding hydrogens is 403 g/mol. The van der Waals surface area contributed by atoms with Crippen molar-refractivity contribution in [2.24, 2.45) is 0 Å². The molecule has 0 aliphatic carbocycles. The van der Waals surface area contributed by atoms with Crippen LogP contribution in [-0.2, 0) is 10.0 Å². The Balaban J connectivity index is 2.27. The van der Waals surface area contributed by atoms with Crippen LogP contribution in [0.4, 0.5) is 4.39 Å². The van der Waals surface area contributed by atoms with Gasteiger partial charge in [-0.1, -0.05) is 6.07 Å². The van der Waals surface area contributed by atoms with E-state index in [1.54, 1.807) is 20.8 Å². The molecular formula is C19H23FN2O6S. The highest BCUT2D eigenvalue weighted by Gasteiger charge is 2.20. The molecule has 10 heteroatoms. The Morgan fingerprint density at radius 3 is 2.07 bits per heavy atom. The van der Waals surface area contributed by atoms with E-state index in [4.69, 9.17) is 14.2 Å². The average molecular weight is 426 g/mol. The minimum Gasteiger partial charge on any atom is -0.490 e. The van der Waals surface area contributed by atoms with Gasteiger partial charge in [-0.25, -0.2) is 12.8 Å². The van der Waals surface area contributed by atoms with Crippen molar-refractivity contribution < 1.29 is 31.8 Å². The van der Waals surface area contributed by atoms with Crippen molar-refractivity contribution >= 4 is 15.9 Å². The van der Waals surface area contributed by atoms with Gasteiger partial charge in [0, 0.05) is 5.56 Å². The second-order valence-corrected chi connectivity index (χ2v) is 7.30. The predicted octanol–water partition coefficient (Wildman–Crippen LogP) is 2.65. The zero-order chi connectivity index (χ0) is 21.4. The minimum atomic E-state index is -4.15. The van der Waals surface area contributed by atoms with Crippen molar-refractivity contribution in [3.63, 3.8) is 0 Å². The molecule has 2 rings (SSSR count). The highest BCUT2D eigenvalue weighted by molar-refractivity contribution is 7.89. The van der Waals surface area contributed by atoms with Crippen LogP contribution in [0.3, 0.4) is 0 Å². The number of benzene rings is 2. The van der Waals surface area contributed by atoms with E-state index in [9.17, 15) is 17.6 Å². The molecule has 0 aliphatic rings. The lowest BCUT2D eigenvalue weighted by atomic mass is 10.1. The maximum absolute atomic E-state index is 13.3. The molecule has 158 valence electrons. The Morgan fingerprint density at radius 1 is 0.966 bits per heavy atom. The second kappa shape index (κ2) is 10.1. The molecule has 8 nitrogen and oxygen atoms in total. The third kappa shape index (κ3) is 5.81. The van der Waals surface area contributed by atoms with Gasteiger partial charge in [-0.15, -0.1) is 4.83 Å². The van der Waals surface area contributed by atoms with E-state index in [0.29, 0.717) is 37.1 Å². The number of hydrogen-bond acceptors (Lipinski definition) is 6. The summed E-state index contributed by atoms with van der Waals surface area (Å²) in [4.78, 5) is 14.1. The topological polar surface area (TPSA) is 103 Å². The van der Waals surface area contributed by atoms with E-state index in [1.807, 2.05) is 4.83 Å². The van der Waals surface area contributed by atoms with E-state index in [-0.39, 0.29) is 10.5 Å². The fourth-order valence-corrected chi connectivity index (χ4v) is 3.27. The average Bonchev–Trinajstić information content (AvgIpc) is 2.69. The lowest BCUT2D eigenvalue weighted by molar-refractivity contribution is 0.0944. The molecule has 0 radical (unpaired) electrons. The standard InChI is InChI=1S/C19H23FN2O6S/c1-4-26-16-10-13(11-17(27-5-2)18(16)28-6-3)19(23)21-22-29(24,25)15-9-7-8-14(20)12-15/h7-12,22H,4-6H2,1-3H3,(H,21,23). The van der Waals surface area contributed by atoms with Crippen molar-refractivity contribution in [3.8, 4) is 17.2 Å². The maximum Gasteiger partial charge on any atom is 0.266 e.